The summed E-state index contributed by atoms with van der Waals surface area (Å²) in [6.45, 7) is 8.77. The SMILES string of the molecule is CC(C)C[C@H](NC(=O)N(CC(C)C)C1CCCC1)C(=O)O. The van der Waals surface area contributed by atoms with Crippen molar-refractivity contribution in [3.05, 3.63) is 0 Å². The van der Waals surface area contributed by atoms with Crippen LogP contribution in [0.5, 0.6) is 0 Å². The van der Waals surface area contributed by atoms with Crippen LogP contribution in [0.3, 0.4) is 0 Å². The number of carbonyl (C=O) groups is 2. The van der Waals surface area contributed by atoms with Gasteiger partial charge in [0.25, 0.3) is 0 Å². The number of aliphatic carboxylic acids is 1. The van der Waals surface area contributed by atoms with Crippen molar-refractivity contribution in [3.8, 4) is 0 Å². The molecule has 0 aromatic carbocycles. The van der Waals surface area contributed by atoms with Crippen molar-refractivity contribution in [3.63, 3.8) is 0 Å². The average Bonchev–Trinajstić information content (AvgIpc) is 2.87. The van der Waals surface area contributed by atoms with Crippen LogP contribution < -0.4 is 5.32 Å². The number of nitrogens with one attached hydrogen (secondary N) is 1. The van der Waals surface area contributed by atoms with Gasteiger partial charge in [0.15, 0.2) is 0 Å². The van der Waals surface area contributed by atoms with E-state index in [2.05, 4.69) is 19.2 Å². The number of urea groups is 1. The van der Waals surface area contributed by atoms with E-state index in [1.807, 2.05) is 18.7 Å². The zero-order chi connectivity index (χ0) is 16.0. The number of carboxylic acid groups (broad SMARTS) is 1. The molecule has 21 heavy (non-hydrogen) atoms. The number of carboxylic acids is 1. The molecule has 122 valence electrons. The van der Waals surface area contributed by atoms with E-state index in [-0.39, 0.29) is 18.0 Å². The molecule has 5 nitrogen and oxygen atoms in total. The highest BCUT2D eigenvalue weighted by molar-refractivity contribution is 5.82. The monoisotopic (exact) mass is 298 g/mol. The van der Waals surface area contributed by atoms with Crippen LogP contribution in [0.4, 0.5) is 4.79 Å². The minimum atomic E-state index is -0.951. The van der Waals surface area contributed by atoms with Crippen molar-refractivity contribution in [2.45, 2.75) is 71.9 Å². The Labute approximate surface area is 128 Å². The normalized spacial score (nSPS) is 17.2. The van der Waals surface area contributed by atoms with Gasteiger partial charge in [0.2, 0.25) is 0 Å². The number of carbonyl (C=O) groups excluding carboxylic acids is 1. The van der Waals surface area contributed by atoms with Crippen molar-refractivity contribution >= 4 is 12.0 Å². The van der Waals surface area contributed by atoms with Gasteiger partial charge in [-0.2, -0.15) is 0 Å². The van der Waals surface area contributed by atoms with E-state index in [1.54, 1.807) is 0 Å². The third kappa shape index (κ3) is 5.94. The first-order valence-electron chi connectivity index (χ1n) is 8.11. The minimum Gasteiger partial charge on any atom is -0.480 e. The second-order valence-corrected chi connectivity index (χ2v) is 6.95. The van der Waals surface area contributed by atoms with Crippen LogP contribution in [0.2, 0.25) is 0 Å². The zero-order valence-corrected chi connectivity index (χ0v) is 13.8. The molecule has 0 heterocycles. The van der Waals surface area contributed by atoms with Crippen molar-refractivity contribution in [1.82, 2.24) is 10.2 Å². The van der Waals surface area contributed by atoms with Crippen LogP contribution in [0.25, 0.3) is 0 Å². The minimum absolute atomic E-state index is 0.219. The molecule has 1 aliphatic carbocycles. The van der Waals surface area contributed by atoms with Crippen LogP contribution in [-0.4, -0.2) is 40.6 Å². The summed E-state index contributed by atoms with van der Waals surface area (Å²) in [4.78, 5) is 25.7. The third-order valence-corrected chi connectivity index (χ3v) is 3.89. The highest BCUT2D eigenvalue weighted by atomic mass is 16.4. The maximum Gasteiger partial charge on any atom is 0.326 e. The van der Waals surface area contributed by atoms with Crippen molar-refractivity contribution in [2.24, 2.45) is 11.8 Å². The van der Waals surface area contributed by atoms with Gasteiger partial charge in [-0.25, -0.2) is 9.59 Å². The maximum absolute atomic E-state index is 12.5. The average molecular weight is 298 g/mol. The van der Waals surface area contributed by atoms with Crippen LogP contribution >= 0.6 is 0 Å². The first-order valence-corrected chi connectivity index (χ1v) is 8.11. The molecule has 0 saturated heterocycles. The lowest BCUT2D eigenvalue weighted by atomic mass is 10.0. The molecular formula is C16H30N2O3. The molecule has 0 radical (unpaired) electrons. The molecule has 1 atom stereocenters. The maximum atomic E-state index is 12.5. The Hall–Kier alpha value is -1.26. The van der Waals surface area contributed by atoms with Gasteiger partial charge >= 0.3 is 12.0 Å². The molecule has 2 N–H and O–H groups in total. The van der Waals surface area contributed by atoms with Crippen LogP contribution in [-0.2, 0) is 4.79 Å². The van der Waals surface area contributed by atoms with Gasteiger partial charge in [-0.15, -0.1) is 0 Å². The predicted octanol–water partition coefficient (Wildman–Crippen LogP) is 3.10. The summed E-state index contributed by atoms with van der Waals surface area (Å²) in [5, 5.41) is 12.0. The lowest BCUT2D eigenvalue weighted by molar-refractivity contribution is -0.139. The van der Waals surface area contributed by atoms with E-state index in [9.17, 15) is 14.7 Å². The number of amides is 2. The standard InChI is InChI=1S/C16H30N2O3/c1-11(2)9-14(15(19)20)17-16(21)18(10-12(3)4)13-7-5-6-8-13/h11-14H,5-10H2,1-4H3,(H,17,21)(H,19,20)/t14-/m0/s1. The van der Waals surface area contributed by atoms with Gasteiger partial charge in [0.1, 0.15) is 6.04 Å². The van der Waals surface area contributed by atoms with Gasteiger partial charge in [-0.3, -0.25) is 0 Å². The van der Waals surface area contributed by atoms with Gasteiger partial charge in [0, 0.05) is 12.6 Å². The lowest BCUT2D eigenvalue weighted by Crippen LogP contribution is -2.52. The Morgan fingerprint density at radius 3 is 2.14 bits per heavy atom. The second kappa shape index (κ2) is 8.25. The van der Waals surface area contributed by atoms with Gasteiger partial charge in [-0.05, 0) is 31.1 Å². The van der Waals surface area contributed by atoms with Gasteiger partial charge < -0.3 is 15.3 Å². The number of nitrogens with zero attached hydrogens (tertiary/aromatic N) is 1. The molecule has 2 amide bonds. The molecule has 1 fully saturated rings. The summed E-state index contributed by atoms with van der Waals surface area (Å²) >= 11 is 0. The summed E-state index contributed by atoms with van der Waals surface area (Å²) in [7, 11) is 0. The first-order chi connectivity index (χ1) is 9.81. The summed E-state index contributed by atoms with van der Waals surface area (Å²) in [5.74, 6) is -0.339. The second-order valence-electron chi connectivity index (χ2n) is 6.95. The predicted molar refractivity (Wildman–Crippen MR) is 83.2 cm³/mol. The van der Waals surface area contributed by atoms with E-state index >= 15 is 0 Å². The zero-order valence-electron chi connectivity index (χ0n) is 13.8. The summed E-state index contributed by atoms with van der Waals surface area (Å²) in [6, 6.07) is -0.752. The Bertz CT molecular complexity index is 349. The molecule has 1 rings (SSSR count). The topological polar surface area (TPSA) is 69.6 Å². The lowest BCUT2D eigenvalue weighted by Gasteiger charge is -2.32. The van der Waals surface area contributed by atoms with E-state index in [0.717, 1.165) is 25.7 Å². The molecule has 1 saturated carbocycles. The molecule has 0 aromatic heterocycles. The number of hydrogen-bond donors (Lipinski definition) is 2. The van der Waals surface area contributed by atoms with E-state index in [0.29, 0.717) is 18.9 Å². The van der Waals surface area contributed by atoms with E-state index in [4.69, 9.17) is 0 Å². The van der Waals surface area contributed by atoms with Crippen molar-refractivity contribution in [1.29, 1.82) is 0 Å². The fourth-order valence-corrected chi connectivity index (χ4v) is 2.93. The highest BCUT2D eigenvalue weighted by Crippen LogP contribution is 2.24. The van der Waals surface area contributed by atoms with Crippen LogP contribution in [0, 0.1) is 11.8 Å². The molecule has 0 spiro atoms. The summed E-state index contributed by atoms with van der Waals surface area (Å²) < 4.78 is 0. The van der Waals surface area contributed by atoms with Gasteiger partial charge in [-0.1, -0.05) is 40.5 Å². The summed E-state index contributed by atoms with van der Waals surface area (Å²) in [5.41, 5.74) is 0. The smallest absolute Gasteiger partial charge is 0.326 e. The molecule has 0 bridgehead atoms. The molecule has 5 heteroatoms. The van der Waals surface area contributed by atoms with Crippen molar-refractivity contribution < 1.29 is 14.7 Å². The number of rotatable bonds is 7. The summed E-state index contributed by atoms with van der Waals surface area (Å²) in [6.07, 6.45) is 4.83. The van der Waals surface area contributed by atoms with E-state index < -0.39 is 12.0 Å². The first kappa shape index (κ1) is 17.8. The van der Waals surface area contributed by atoms with Crippen LogP contribution in [0.15, 0.2) is 0 Å². The molecule has 0 unspecified atom stereocenters. The Morgan fingerprint density at radius 2 is 1.71 bits per heavy atom. The quantitative estimate of drug-likeness (QED) is 0.759. The highest BCUT2D eigenvalue weighted by Gasteiger charge is 2.30. The molecule has 0 aromatic rings. The number of hydrogen-bond acceptors (Lipinski definition) is 2. The molecule has 0 aliphatic heterocycles. The fraction of sp³-hybridized carbons (Fsp3) is 0.875. The Kier molecular flexibility index (Phi) is 6.99. The molecular weight excluding hydrogens is 268 g/mol. The van der Waals surface area contributed by atoms with E-state index in [1.165, 1.54) is 0 Å². The van der Waals surface area contributed by atoms with Gasteiger partial charge in [0.05, 0.1) is 0 Å². The van der Waals surface area contributed by atoms with Crippen molar-refractivity contribution in [2.75, 3.05) is 6.54 Å². The molecule has 1 aliphatic rings. The Balaban J connectivity index is 2.71. The Morgan fingerprint density at radius 1 is 1.14 bits per heavy atom. The third-order valence-electron chi connectivity index (χ3n) is 3.89. The largest absolute Gasteiger partial charge is 0.480 e. The van der Waals surface area contributed by atoms with Crippen LogP contribution in [0.1, 0.15) is 59.8 Å². The fourth-order valence-electron chi connectivity index (χ4n) is 2.93.